The van der Waals surface area contributed by atoms with E-state index in [9.17, 15) is 17.6 Å². The zero-order valence-corrected chi connectivity index (χ0v) is 11.8. The molecule has 0 spiro atoms. The van der Waals surface area contributed by atoms with Crippen molar-refractivity contribution < 1.29 is 17.6 Å². The summed E-state index contributed by atoms with van der Waals surface area (Å²) < 4.78 is 51.5. The second-order valence-electron chi connectivity index (χ2n) is 4.80. The van der Waals surface area contributed by atoms with E-state index >= 15 is 0 Å². The summed E-state index contributed by atoms with van der Waals surface area (Å²) in [6, 6.07) is 3.90. The van der Waals surface area contributed by atoms with E-state index in [-0.39, 0.29) is 0 Å². The Bertz CT molecular complexity index is 439. The number of nitrogens with zero attached hydrogens (tertiary/aromatic N) is 1. The maximum absolute atomic E-state index is 13.0. The van der Waals surface area contributed by atoms with E-state index in [1.807, 2.05) is 4.90 Å². The van der Waals surface area contributed by atoms with Gasteiger partial charge in [0.25, 0.3) is 0 Å². The smallest absolute Gasteiger partial charge is 0.299 e. The first-order valence-electron chi connectivity index (χ1n) is 6.07. The van der Waals surface area contributed by atoms with E-state index in [1.165, 1.54) is 0 Å². The molecule has 0 radical (unpaired) electrons. The monoisotopic (exact) mass is 339 g/mol. The van der Waals surface area contributed by atoms with Crippen LogP contribution in [0.25, 0.3) is 0 Å². The molecule has 106 valence electrons. The van der Waals surface area contributed by atoms with Gasteiger partial charge in [-0.1, -0.05) is 15.9 Å². The number of piperidine rings is 1. The Morgan fingerprint density at radius 3 is 2.37 bits per heavy atom. The lowest BCUT2D eigenvalue weighted by atomic mass is 10.1. The number of alkyl halides is 4. The molecule has 1 aliphatic rings. The van der Waals surface area contributed by atoms with Crippen molar-refractivity contribution in [1.82, 2.24) is 4.90 Å². The molecule has 1 aromatic rings. The van der Waals surface area contributed by atoms with Crippen LogP contribution in [0, 0.1) is 0 Å². The van der Waals surface area contributed by atoms with Gasteiger partial charge in [-0.2, -0.15) is 13.2 Å². The minimum atomic E-state index is -4.34. The summed E-state index contributed by atoms with van der Waals surface area (Å²) in [5.74, 6) is 0. The van der Waals surface area contributed by atoms with E-state index in [4.69, 9.17) is 0 Å². The molecule has 1 heterocycles. The highest BCUT2D eigenvalue weighted by Gasteiger charge is 2.31. The lowest BCUT2D eigenvalue weighted by molar-refractivity contribution is -0.137. The molecule has 0 amide bonds. The summed E-state index contributed by atoms with van der Waals surface area (Å²) in [6.45, 7) is 1.61. The second kappa shape index (κ2) is 5.79. The molecule has 1 aromatic carbocycles. The molecule has 0 aromatic heterocycles. The fourth-order valence-electron chi connectivity index (χ4n) is 2.22. The predicted octanol–water partition coefficient (Wildman–Crippen LogP) is 4.40. The molecule has 0 bridgehead atoms. The minimum absolute atomic E-state index is 0.415. The molecule has 1 aliphatic heterocycles. The van der Waals surface area contributed by atoms with Crippen LogP contribution in [0.5, 0.6) is 0 Å². The van der Waals surface area contributed by atoms with Gasteiger partial charge in [0.15, 0.2) is 0 Å². The van der Waals surface area contributed by atoms with Crippen LogP contribution in [0.15, 0.2) is 22.7 Å². The maximum Gasteiger partial charge on any atom is 0.416 e. The van der Waals surface area contributed by atoms with E-state index < -0.39 is 17.9 Å². The van der Waals surface area contributed by atoms with Gasteiger partial charge in [0.1, 0.15) is 6.17 Å². The van der Waals surface area contributed by atoms with E-state index in [1.54, 1.807) is 6.07 Å². The van der Waals surface area contributed by atoms with Gasteiger partial charge in [-0.05, 0) is 36.6 Å². The first-order chi connectivity index (χ1) is 8.84. The van der Waals surface area contributed by atoms with Gasteiger partial charge in [-0.25, -0.2) is 4.39 Å². The number of rotatable bonds is 2. The van der Waals surface area contributed by atoms with Gasteiger partial charge < -0.3 is 0 Å². The molecular formula is C13H14BrF4N. The largest absolute Gasteiger partial charge is 0.416 e. The third kappa shape index (κ3) is 4.18. The molecule has 2 rings (SSSR count). The summed E-state index contributed by atoms with van der Waals surface area (Å²) in [7, 11) is 0. The maximum atomic E-state index is 13.0. The Kier molecular flexibility index (Phi) is 4.50. The second-order valence-corrected chi connectivity index (χ2v) is 5.71. The molecule has 1 saturated heterocycles. The summed E-state index contributed by atoms with van der Waals surface area (Å²) >= 11 is 3.10. The summed E-state index contributed by atoms with van der Waals surface area (Å²) in [5.41, 5.74) is -0.0590. The number of hydrogen-bond donors (Lipinski definition) is 0. The highest BCUT2D eigenvalue weighted by Crippen LogP contribution is 2.32. The van der Waals surface area contributed by atoms with Crippen LogP contribution in [-0.2, 0) is 12.7 Å². The van der Waals surface area contributed by atoms with Crippen molar-refractivity contribution in [2.45, 2.75) is 31.7 Å². The van der Waals surface area contributed by atoms with Gasteiger partial charge >= 0.3 is 6.18 Å². The normalized spacial score (nSPS) is 18.8. The van der Waals surface area contributed by atoms with Crippen molar-refractivity contribution >= 4 is 15.9 Å². The molecule has 0 saturated carbocycles. The molecule has 1 fully saturated rings. The van der Waals surface area contributed by atoms with Crippen LogP contribution in [0.4, 0.5) is 17.6 Å². The molecule has 0 N–H and O–H groups in total. The van der Waals surface area contributed by atoms with E-state index in [0.29, 0.717) is 42.5 Å². The quantitative estimate of drug-likeness (QED) is 0.722. The molecule has 1 nitrogen and oxygen atoms in total. The zero-order valence-electron chi connectivity index (χ0n) is 10.2. The minimum Gasteiger partial charge on any atom is -0.299 e. The average Bonchev–Trinajstić information content (AvgIpc) is 2.30. The fourth-order valence-corrected chi connectivity index (χ4v) is 2.76. The van der Waals surface area contributed by atoms with Gasteiger partial charge in [0.2, 0.25) is 0 Å². The average molecular weight is 340 g/mol. The zero-order chi connectivity index (χ0) is 14.0. The molecule has 19 heavy (non-hydrogen) atoms. The van der Waals surface area contributed by atoms with Crippen LogP contribution in [0.2, 0.25) is 0 Å². The number of likely N-dealkylation sites (tertiary alicyclic amines) is 1. The Morgan fingerprint density at radius 2 is 1.79 bits per heavy atom. The van der Waals surface area contributed by atoms with Gasteiger partial charge in [-0.3, -0.25) is 4.90 Å². The van der Waals surface area contributed by atoms with Crippen LogP contribution < -0.4 is 0 Å². The Morgan fingerprint density at radius 1 is 1.16 bits per heavy atom. The molecular weight excluding hydrogens is 326 g/mol. The summed E-state index contributed by atoms with van der Waals surface area (Å²) in [4.78, 5) is 1.98. The van der Waals surface area contributed by atoms with Gasteiger partial charge in [-0.15, -0.1) is 0 Å². The van der Waals surface area contributed by atoms with Crippen molar-refractivity contribution in [3.63, 3.8) is 0 Å². The van der Waals surface area contributed by atoms with Gasteiger partial charge in [0.05, 0.1) is 5.56 Å². The highest BCUT2D eigenvalue weighted by atomic mass is 79.9. The fraction of sp³-hybridized carbons (Fsp3) is 0.538. The molecule has 6 heteroatoms. The molecule has 0 unspecified atom stereocenters. The third-order valence-electron chi connectivity index (χ3n) is 3.21. The molecule has 0 atom stereocenters. The SMILES string of the molecule is FC1CCN(Cc2cc(Br)cc(C(F)(F)F)c2)CC1. The number of halogens is 5. The topological polar surface area (TPSA) is 3.24 Å². The van der Waals surface area contributed by atoms with Crippen molar-refractivity contribution in [3.8, 4) is 0 Å². The standard InChI is InChI=1S/C13H14BrF4N/c14-11-6-9(5-10(7-11)13(16,17)18)8-19-3-1-12(15)2-4-19/h5-7,12H,1-4,8H2. The van der Waals surface area contributed by atoms with Crippen molar-refractivity contribution in [2.75, 3.05) is 13.1 Å². The lowest BCUT2D eigenvalue weighted by Gasteiger charge is -2.28. The highest BCUT2D eigenvalue weighted by molar-refractivity contribution is 9.10. The van der Waals surface area contributed by atoms with E-state index in [2.05, 4.69) is 15.9 Å². The Hall–Kier alpha value is -0.620. The van der Waals surface area contributed by atoms with Crippen LogP contribution in [-0.4, -0.2) is 24.2 Å². The number of benzene rings is 1. The van der Waals surface area contributed by atoms with Crippen LogP contribution >= 0.6 is 15.9 Å². The first kappa shape index (κ1) is 14.8. The van der Waals surface area contributed by atoms with Crippen LogP contribution in [0.3, 0.4) is 0 Å². The Labute approximate surface area is 117 Å². The van der Waals surface area contributed by atoms with Crippen molar-refractivity contribution in [1.29, 1.82) is 0 Å². The van der Waals surface area contributed by atoms with Gasteiger partial charge in [0, 0.05) is 24.1 Å². The van der Waals surface area contributed by atoms with Crippen molar-refractivity contribution in [3.05, 3.63) is 33.8 Å². The summed E-state index contributed by atoms with van der Waals surface area (Å²) in [6.07, 6.45) is -4.20. The van der Waals surface area contributed by atoms with Crippen molar-refractivity contribution in [2.24, 2.45) is 0 Å². The van der Waals surface area contributed by atoms with Crippen LogP contribution in [0.1, 0.15) is 24.0 Å². The molecule has 0 aliphatic carbocycles. The predicted molar refractivity (Wildman–Crippen MR) is 68.6 cm³/mol. The first-order valence-corrected chi connectivity index (χ1v) is 6.87. The Balaban J connectivity index is 2.10. The third-order valence-corrected chi connectivity index (χ3v) is 3.67. The van der Waals surface area contributed by atoms with E-state index in [0.717, 1.165) is 12.1 Å². The summed E-state index contributed by atoms with van der Waals surface area (Å²) in [5, 5.41) is 0. The number of hydrogen-bond acceptors (Lipinski definition) is 1. The lowest BCUT2D eigenvalue weighted by Crippen LogP contribution is -2.33.